The second kappa shape index (κ2) is 9.15. The lowest BCUT2D eigenvalue weighted by Gasteiger charge is -2.34. The maximum absolute atomic E-state index is 12.2. The number of amides is 2. The highest BCUT2D eigenvalue weighted by atomic mass is 16.2. The largest absolute Gasteiger partial charge is 0.355 e. The van der Waals surface area contributed by atoms with Crippen LogP contribution >= 0.6 is 0 Å². The van der Waals surface area contributed by atoms with Gasteiger partial charge in [0.1, 0.15) is 17.8 Å². The molecule has 1 aliphatic rings. The summed E-state index contributed by atoms with van der Waals surface area (Å²) in [6.07, 6.45) is 6.74. The minimum atomic E-state index is -0.145. The van der Waals surface area contributed by atoms with Crippen molar-refractivity contribution in [2.75, 3.05) is 29.9 Å². The van der Waals surface area contributed by atoms with Crippen LogP contribution in [0.5, 0.6) is 0 Å². The fourth-order valence-electron chi connectivity index (χ4n) is 4.07. The molecule has 1 aliphatic heterocycles. The summed E-state index contributed by atoms with van der Waals surface area (Å²) in [5.41, 5.74) is 2.96. The predicted molar refractivity (Wildman–Crippen MR) is 121 cm³/mol. The molecule has 3 aromatic rings. The van der Waals surface area contributed by atoms with Gasteiger partial charge in [0.25, 0.3) is 0 Å². The molecule has 30 heavy (non-hydrogen) atoms. The van der Waals surface area contributed by atoms with Gasteiger partial charge in [-0.1, -0.05) is 26.0 Å². The maximum Gasteiger partial charge on any atom is 0.319 e. The number of urea groups is 1. The lowest BCUT2D eigenvalue weighted by molar-refractivity contribution is 0.251. The van der Waals surface area contributed by atoms with Crippen LogP contribution in [0.25, 0.3) is 11.0 Å². The van der Waals surface area contributed by atoms with Gasteiger partial charge in [0, 0.05) is 37.4 Å². The molecule has 1 fully saturated rings. The molecule has 158 valence electrons. The molecular weight excluding hydrogens is 376 g/mol. The molecule has 2 amide bonds. The van der Waals surface area contributed by atoms with Gasteiger partial charge in [-0.15, -0.1) is 0 Å². The first-order chi connectivity index (χ1) is 14.6. The van der Waals surface area contributed by atoms with Crippen molar-refractivity contribution in [1.29, 1.82) is 0 Å². The molecule has 4 rings (SSSR count). The summed E-state index contributed by atoms with van der Waals surface area (Å²) in [5.74, 6) is 1.96. The Hall–Kier alpha value is -3.09. The van der Waals surface area contributed by atoms with E-state index in [4.69, 9.17) is 0 Å². The first-order valence-electron chi connectivity index (χ1n) is 10.8. The van der Waals surface area contributed by atoms with Crippen molar-refractivity contribution >= 4 is 28.6 Å². The number of aromatic amines is 1. The Kier molecular flexibility index (Phi) is 6.16. The summed E-state index contributed by atoms with van der Waals surface area (Å²) in [5, 5.41) is 6.96. The van der Waals surface area contributed by atoms with E-state index in [1.54, 1.807) is 6.33 Å². The lowest BCUT2D eigenvalue weighted by atomic mass is 9.90. The van der Waals surface area contributed by atoms with Gasteiger partial charge in [-0.2, -0.15) is 0 Å². The van der Waals surface area contributed by atoms with Crippen LogP contribution in [0.15, 0.2) is 42.9 Å². The molecule has 0 spiro atoms. The number of nitrogens with one attached hydrogen (secondary N) is 3. The summed E-state index contributed by atoms with van der Waals surface area (Å²) < 4.78 is 0. The van der Waals surface area contributed by atoms with Gasteiger partial charge in [0.2, 0.25) is 0 Å². The Labute approximate surface area is 177 Å². The number of H-pyrrole nitrogens is 1. The smallest absolute Gasteiger partial charge is 0.319 e. The van der Waals surface area contributed by atoms with E-state index in [0.717, 1.165) is 54.9 Å². The Morgan fingerprint density at radius 1 is 1.30 bits per heavy atom. The molecule has 2 aromatic heterocycles. The van der Waals surface area contributed by atoms with Gasteiger partial charge in [-0.3, -0.25) is 0 Å². The second-order valence-electron chi connectivity index (χ2n) is 8.41. The standard InChI is InChI=1S/C23H30N6O/c1-16(2)8-10-25-23(30)28-19-7-3-5-17(13-19)18-6-4-12-29(14-18)22-20-9-11-24-21(20)26-15-27-22/h3,5,7,9,11,13,15-16,18H,4,6,8,10,12,14H2,1-2H3,(H,24,26,27)(H2,25,28,30). The van der Waals surface area contributed by atoms with Gasteiger partial charge < -0.3 is 20.5 Å². The van der Waals surface area contributed by atoms with E-state index in [9.17, 15) is 4.79 Å². The molecule has 1 saturated heterocycles. The van der Waals surface area contributed by atoms with Crippen molar-refractivity contribution in [3.8, 4) is 0 Å². The van der Waals surface area contributed by atoms with E-state index in [1.165, 1.54) is 5.56 Å². The van der Waals surface area contributed by atoms with Crippen molar-refractivity contribution in [3.05, 3.63) is 48.4 Å². The van der Waals surface area contributed by atoms with E-state index < -0.39 is 0 Å². The molecule has 7 nitrogen and oxygen atoms in total. The summed E-state index contributed by atoms with van der Waals surface area (Å²) in [6.45, 7) is 6.89. The summed E-state index contributed by atoms with van der Waals surface area (Å²) in [4.78, 5) is 26.5. The van der Waals surface area contributed by atoms with Crippen LogP contribution in [0.3, 0.4) is 0 Å². The monoisotopic (exact) mass is 406 g/mol. The summed E-state index contributed by atoms with van der Waals surface area (Å²) in [7, 11) is 0. The number of aromatic nitrogens is 3. The number of hydrogen-bond donors (Lipinski definition) is 3. The SMILES string of the molecule is CC(C)CCNC(=O)Nc1cccc(C2CCCN(c3ncnc4[nH]ccc34)C2)c1. The molecular formula is C23H30N6O. The Balaban J connectivity index is 1.43. The number of benzene rings is 1. The van der Waals surface area contributed by atoms with Crippen LogP contribution in [-0.2, 0) is 0 Å². The number of nitrogens with zero attached hydrogens (tertiary/aromatic N) is 3. The van der Waals surface area contributed by atoms with Crippen LogP contribution in [0.2, 0.25) is 0 Å². The average molecular weight is 407 g/mol. The number of carbonyl (C=O) groups is 1. The number of anilines is 2. The van der Waals surface area contributed by atoms with E-state index in [0.29, 0.717) is 18.4 Å². The van der Waals surface area contributed by atoms with Gasteiger partial charge in [-0.25, -0.2) is 14.8 Å². The number of fused-ring (bicyclic) bond motifs is 1. The highest BCUT2D eigenvalue weighted by Crippen LogP contribution is 2.32. The molecule has 1 atom stereocenters. The first-order valence-corrected chi connectivity index (χ1v) is 10.8. The molecule has 0 radical (unpaired) electrons. The molecule has 3 heterocycles. The Bertz CT molecular complexity index is 998. The molecule has 7 heteroatoms. The van der Waals surface area contributed by atoms with Crippen LogP contribution in [-0.4, -0.2) is 40.6 Å². The molecule has 1 unspecified atom stereocenters. The van der Waals surface area contributed by atoms with Crippen LogP contribution in [0.4, 0.5) is 16.3 Å². The number of carbonyl (C=O) groups excluding carboxylic acids is 1. The minimum Gasteiger partial charge on any atom is -0.355 e. The molecule has 0 saturated carbocycles. The third-order valence-corrected chi connectivity index (χ3v) is 5.68. The first kappa shape index (κ1) is 20.2. The number of piperidine rings is 1. The van der Waals surface area contributed by atoms with Gasteiger partial charge in [0.05, 0.1) is 5.39 Å². The molecule has 3 N–H and O–H groups in total. The van der Waals surface area contributed by atoms with Gasteiger partial charge >= 0.3 is 6.03 Å². The Morgan fingerprint density at radius 2 is 2.20 bits per heavy atom. The van der Waals surface area contributed by atoms with Gasteiger partial charge in [0.15, 0.2) is 0 Å². The molecule has 0 bridgehead atoms. The topological polar surface area (TPSA) is 85.9 Å². The number of rotatable bonds is 6. The van der Waals surface area contributed by atoms with E-state index in [1.807, 2.05) is 24.4 Å². The lowest BCUT2D eigenvalue weighted by Crippen LogP contribution is -2.35. The van der Waals surface area contributed by atoms with Crippen molar-refractivity contribution in [1.82, 2.24) is 20.3 Å². The zero-order chi connectivity index (χ0) is 20.9. The van der Waals surface area contributed by atoms with Crippen LogP contribution < -0.4 is 15.5 Å². The normalized spacial score (nSPS) is 16.8. The highest BCUT2D eigenvalue weighted by molar-refractivity contribution is 5.89. The zero-order valence-corrected chi connectivity index (χ0v) is 17.7. The molecule has 1 aromatic carbocycles. The molecule has 0 aliphatic carbocycles. The highest BCUT2D eigenvalue weighted by Gasteiger charge is 2.24. The third-order valence-electron chi connectivity index (χ3n) is 5.68. The van der Waals surface area contributed by atoms with E-state index in [2.05, 4.69) is 56.5 Å². The van der Waals surface area contributed by atoms with Crippen LogP contribution in [0.1, 0.15) is 44.6 Å². The zero-order valence-electron chi connectivity index (χ0n) is 17.7. The summed E-state index contributed by atoms with van der Waals surface area (Å²) in [6, 6.07) is 10.1. The minimum absolute atomic E-state index is 0.145. The second-order valence-corrected chi connectivity index (χ2v) is 8.41. The maximum atomic E-state index is 12.2. The third kappa shape index (κ3) is 4.72. The van der Waals surface area contributed by atoms with Crippen molar-refractivity contribution in [3.63, 3.8) is 0 Å². The fraction of sp³-hybridized carbons (Fsp3) is 0.435. The van der Waals surface area contributed by atoms with Crippen LogP contribution in [0, 0.1) is 5.92 Å². The van der Waals surface area contributed by atoms with Crippen molar-refractivity contribution in [2.45, 2.75) is 39.0 Å². The van der Waals surface area contributed by atoms with E-state index in [-0.39, 0.29) is 6.03 Å². The average Bonchev–Trinajstić information content (AvgIpc) is 3.23. The Morgan fingerprint density at radius 3 is 3.07 bits per heavy atom. The van der Waals surface area contributed by atoms with Gasteiger partial charge in [-0.05, 0) is 48.9 Å². The van der Waals surface area contributed by atoms with Crippen molar-refractivity contribution in [2.24, 2.45) is 5.92 Å². The quantitative estimate of drug-likeness (QED) is 0.562. The fourth-order valence-corrected chi connectivity index (χ4v) is 4.07. The predicted octanol–water partition coefficient (Wildman–Crippen LogP) is 4.51. The van der Waals surface area contributed by atoms with E-state index >= 15 is 0 Å². The number of hydrogen-bond acceptors (Lipinski definition) is 4. The van der Waals surface area contributed by atoms with Crippen molar-refractivity contribution < 1.29 is 4.79 Å². The summed E-state index contributed by atoms with van der Waals surface area (Å²) >= 11 is 0.